The van der Waals surface area contributed by atoms with Crippen molar-refractivity contribution in [2.75, 3.05) is 32.1 Å². The first kappa shape index (κ1) is 12.2. The van der Waals surface area contributed by atoms with Crippen LogP contribution in [-0.2, 0) is 0 Å². The fourth-order valence-corrected chi connectivity index (χ4v) is 2.30. The summed E-state index contributed by atoms with van der Waals surface area (Å²) in [4.78, 5) is 0. The lowest BCUT2D eigenvalue weighted by atomic mass is 9.98. The Hall–Kier alpha value is -1.22. The minimum atomic E-state index is 0.803. The van der Waals surface area contributed by atoms with Gasteiger partial charge in [0, 0.05) is 12.2 Å². The van der Waals surface area contributed by atoms with Crippen molar-refractivity contribution in [1.29, 1.82) is 0 Å². The highest BCUT2D eigenvalue weighted by molar-refractivity contribution is 5.53. The second-order valence-corrected chi connectivity index (χ2v) is 4.76. The Labute approximate surface area is 104 Å². The molecule has 1 heterocycles. The van der Waals surface area contributed by atoms with Gasteiger partial charge in [0.05, 0.1) is 7.11 Å². The molecule has 1 aromatic carbocycles. The lowest BCUT2D eigenvalue weighted by Gasteiger charge is -2.23. The molecule has 0 amide bonds. The van der Waals surface area contributed by atoms with Crippen LogP contribution in [0.25, 0.3) is 0 Å². The van der Waals surface area contributed by atoms with Gasteiger partial charge in [-0.25, -0.2) is 0 Å². The van der Waals surface area contributed by atoms with Crippen LogP contribution >= 0.6 is 0 Å². The fourth-order valence-electron chi connectivity index (χ4n) is 2.30. The molecule has 0 aromatic heterocycles. The summed E-state index contributed by atoms with van der Waals surface area (Å²) in [5, 5.41) is 6.95. The van der Waals surface area contributed by atoms with Crippen molar-refractivity contribution in [3.05, 3.63) is 23.8 Å². The van der Waals surface area contributed by atoms with Gasteiger partial charge in [-0.3, -0.25) is 0 Å². The first-order valence-electron chi connectivity index (χ1n) is 6.39. The highest BCUT2D eigenvalue weighted by atomic mass is 16.5. The minimum absolute atomic E-state index is 0.803. The van der Waals surface area contributed by atoms with Crippen molar-refractivity contribution in [3.8, 4) is 5.75 Å². The Balaban J connectivity index is 1.89. The van der Waals surface area contributed by atoms with Crippen molar-refractivity contribution >= 4 is 5.69 Å². The van der Waals surface area contributed by atoms with E-state index in [-0.39, 0.29) is 0 Å². The van der Waals surface area contributed by atoms with Gasteiger partial charge in [0.1, 0.15) is 5.75 Å². The van der Waals surface area contributed by atoms with Gasteiger partial charge in [0.2, 0.25) is 0 Å². The predicted octanol–water partition coefficient (Wildman–Crippen LogP) is 2.42. The number of piperidine rings is 1. The van der Waals surface area contributed by atoms with Gasteiger partial charge in [-0.1, -0.05) is 0 Å². The van der Waals surface area contributed by atoms with Crippen LogP contribution in [0.2, 0.25) is 0 Å². The zero-order valence-corrected chi connectivity index (χ0v) is 10.8. The van der Waals surface area contributed by atoms with Crippen LogP contribution < -0.4 is 15.4 Å². The SMILES string of the molecule is COc1ccc(NCC2CCNCC2)c(C)c1. The van der Waals surface area contributed by atoms with Crippen molar-refractivity contribution < 1.29 is 4.74 Å². The van der Waals surface area contributed by atoms with E-state index in [9.17, 15) is 0 Å². The molecule has 3 heteroatoms. The zero-order chi connectivity index (χ0) is 12.1. The van der Waals surface area contributed by atoms with Crippen LogP contribution in [0.3, 0.4) is 0 Å². The molecule has 1 aromatic rings. The average Bonchev–Trinajstić information content (AvgIpc) is 2.38. The van der Waals surface area contributed by atoms with Crippen LogP contribution in [0.15, 0.2) is 18.2 Å². The van der Waals surface area contributed by atoms with Gasteiger partial charge in [0.25, 0.3) is 0 Å². The van der Waals surface area contributed by atoms with Gasteiger partial charge < -0.3 is 15.4 Å². The summed E-state index contributed by atoms with van der Waals surface area (Å²) in [5.41, 5.74) is 2.47. The Morgan fingerprint density at radius 3 is 2.76 bits per heavy atom. The summed E-state index contributed by atoms with van der Waals surface area (Å²) in [5.74, 6) is 1.73. The van der Waals surface area contributed by atoms with E-state index in [1.54, 1.807) is 7.11 Å². The first-order valence-corrected chi connectivity index (χ1v) is 6.39. The smallest absolute Gasteiger partial charge is 0.119 e. The van der Waals surface area contributed by atoms with E-state index in [1.165, 1.54) is 24.1 Å². The number of anilines is 1. The van der Waals surface area contributed by atoms with Crippen molar-refractivity contribution in [2.24, 2.45) is 5.92 Å². The molecule has 0 saturated carbocycles. The average molecular weight is 234 g/mol. The lowest BCUT2D eigenvalue weighted by Crippen LogP contribution is -2.31. The molecule has 1 saturated heterocycles. The third kappa shape index (κ3) is 3.37. The summed E-state index contributed by atoms with van der Waals surface area (Å²) in [6.45, 7) is 5.52. The third-order valence-corrected chi connectivity index (χ3v) is 3.47. The molecule has 1 fully saturated rings. The Morgan fingerprint density at radius 2 is 2.12 bits per heavy atom. The number of nitrogens with one attached hydrogen (secondary N) is 2. The summed E-state index contributed by atoms with van der Waals surface area (Å²) in [6, 6.07) is 6.19. The maximum absolute atomic E-state index is 5.21. The molecule has 0 atom stereocenters. The molecule has 2 N–H and O–H groups in total. The molecule has 17 heavy (non-hydrogen) atoms. The van der Waals surface area contributed by atoms with E-state index in [0.717, 1.165) is 31.3 Å². The largest absolute Gasteiger partial charge is 0.497 e. The second kappa shape index (κ2) is 5.92. The number of rotatable bonds is 4. The van der Waals surface area contributed by atoms with Crippen LogP contribution in [0.5, 0.6) is 5.75 Å². The topological polar surface area (TPSA) is 33.3 Å². The molecule has 0 bridgehead atoms. The van der Waals surface area contributed by atoms with Gasteiger partial charge in [-0.05, 0) is 62.5 Å². The van der Waals surface area contributed by atoms with Crippen LogP contribution in [0.1, 0.15) is 18.4 Å². The predicted molar refractivity (Wildman–Crippen MR) is 71.8 cm³/mol. The summed E-state index contributed by atoms with van der Waals surface area (Å²) < 4.78 is 5.21. The Kier molecular flexibility index (Phi) is 4.26. The maximum atomic E-state index is 5.21. The molecular formula is C14H22N2O. The van der Waals surface area contributed by atoms with Gasteiger partial charge in [-0.2, -0.15) is 0 Å². The number of hydrogen-bond donors (Lipinski definition) is 2. The van der Waals surface area contributed by atoms with E-state index >= 15 is 0 Å². The molecule has 2 rings (SSSR count). The standard InChI is InChI=1S/C14H22N2O/c1-11-9-13(17-2)3-4-14(11)16-10-12-5-7-15-8-6-12/h3-4,9,12,15-16H,5-8,10H2,1-2H3. The molecule has 1 aliphatic rings. The third-order valence-electron chi connectivity index (χ3n) is 3.47. The van der Waals surface area contributed by atoms with Crippen molar-refractivity contribution in [2.45, 2.75) is 19.8 Å². The molecule has 0 spiro atoms. The highest BCUT2D eigenvalue weighted by Gasteiger charge is 2.12. The number of ether oxygens (including phenoxy) is 1. The summed E-state index contributed by atoms with van der Waals surface area (Å²) in [7, 11) is 1.71. The molecule has 0 aliphatic carbocycles. The minimum Gasteiger partial charge on any atom is -0.497 e. The number of benzene rings is 1. The maximum Gasteiger partial charge on any atom is 0.119 e. The van der Waals surface area contributed by atoms with Gasteiger partial charge in [-0.15, -0.1) is 0 Å². The molecule has 94 valence electrons. The number of aryl methyl sites for hydroxylation is 1. The van der Waals surface area contributed by atoms with E-state index in [1.807, 2.05) is 6.07 Å². The molecule has 0 radical (unpaired) electrons. The Morgan fingerprint density at radius 1 is 1.35 bits per heavy atom. The highest BCUT2D eigenvalue weighted by Crippen LogP contribution is 2.22. The normalized spacial score (nSPS) is 16.8. The molecule has 3 nitrogen and oxygen atoms in total. The monoisotopic (exact) mass is 234 g/mol. The lowest BCUT2D eigenvalue weighted by molar-refractivity contribution is 0.390. The molecular weight excluding hydrogens is 212 g/mol. The zero-order valence-electron chi connectivity index (χ0n) is 10.8. The first-order chi connectivity index (χ1) is 8.29. The van der Waals surface area contributed by atoms with Gasteiger partial charge in [0.15, 0.2) is 0 Å². The van der Waals surface area contributed by atoms with Crippen LogP contribution in [0, 0.1) is 12.8 Å². The summed E-state index contributed by atoms with van der Waals surface area (Å²) >= 11 is 0. The van der Waals surface area contributed by atoms with Gasteiger partial charge >= 0.3 is 0 Å². The summed E-state index contributed by atoms with van der Waals surface area (Å²) in [6.07, 6.45) is 2.56. The number of methoxy groups -OCH3 is 1. The van der Waals surface area contributed by atoms with E-state index in [4.69, 9.17) is 4.74 Å². The second-order valence-electron chi connectivity index (χ2n) is 4.76. The van der Waals surface area contributed by atoms with E-state index in [0.29, 0.717) is 0 Å². The van der Waals surface area contributed by atoms with Crippen molar-refractivity contribution in [3.63, 3.8) is 0 Å². The number of hydrogen-bond acceptors (Lipinski definition) is 3. The Bertz CT molecular complexity index is 359. The molecule has 1 aliphatic heterocycles. The van der Waals surface area contributed by atoms with Crippen LogP contribution in [-0.4, -0.2) is 26.7 Å². The fraction of sp³-hybridized carbons (Fsp3) is 0.571. The molecule has 0 unspecified atom stereocenters. The van der Waals surface area contributed by atoms with E-state index in [2.05, 4.69) is 29.7 Å². The van der Waals surface area contributed by atoms with Crippen LogP contribution in [0.4, 0.5) is 5.69 Å². The van der Waals surface area contributed by atoms with E-state index < -0.39 is 0 Å². The van der Waals surface area contributed by atoms with Crippen molar-refractivity contribution in [1.82, 2.24) is 5.32 Å². The quantitative estimate of drug-likeness (QED) is 0.839.